The third kappa shape index (κ3) is 4.88. The van der Waals surface area contributed by atoms with Gasteiger partial charge in [-0.3, -0.25) is 9.53 Å². The molecular formula is C22H24F3N7O2S. The van der Waals surface area contributed by atoms with E-state index in [0.717, 1.165) is 11.3 Å². The van der Waals surface area contributed by atoms with Crippen molar-refractivity contribution in [3.63, 3.8) is 0 Å². The highest BCUT2D eigenvalue weighted by atomic mass is 32.1. The van der Waals surface area contributed by atoms with Crippen LogP contribution in [0.25, 0.3) is 10.2 Å². The van der Waals surface area contributed by atoms with Crippen molar-refractivity contribution in [1.29, 1.82) is 0 Å². The van der Waals surface area contributed by atoms with Crippen LogP contribution in [0, 0.1) is 6.92 Å². The van der Waals surface area contributed by atoms with Gasteiger partial charge in [0, 0.05) is 31.0 Å². The number of rotatable bonds is 4. The van der Waals surface area contributed by atoms with Crippen LogP contribution in [0.15, 0.2) is 18.3 Å². The molecule has 1 fully saturated rings. The Kier molecular flexibility index (Phi) is 6.01. The van der Waals surface area contributed by atoms with Gasteiger partial charge in [0.15, 0.2) is 0 Å². The molecule has 1 amide bonds. The van der Waals surface area contributed by atoms with Gasteiger partial charge in [-0.25, -0.2) is 15.0 Å². The molecule has 13 heteroatoms. The monoisotopic (exact) mass is 507 g/mol. The summed E-state index contributed by atoms with van der Waals surface area (Å²) in [6, 6.07) is 2.83. The lowest BCUT2D eigenvalue weighted by Gasteiger charge is -2.26. The number of alkyl halides is 3. The molecule has 3 atom stereocenters. The first kappa shape index (κ1) is 23.7. The van der Waals surface area contributed by atoms with Crippen LogP contribution in [0.5, 0.6) is 0 Å². The molecular weight excluding hydrogens is 483 g/mol. The number of nitrogen functional groups attached to an aromatic ring is 1. The fraction of sp³-hybridized carbons (Fsp3) is 0.455. The van der Waals surface area contributed by atoms with Crippen molar-refractivity contribution < 1.29 is 22.7 Å². The SMILES string of the molecule is Cc1ncc2c(N)c(C(=O)NC3CCc4nc(N5CC(N)C(OC(F)(F)F)C5)ccc4C3)sc2n1. The average Bonchev–Trinajstić information content (AvgIpc) is 3.31. The van der Waals surface area contributed by atoms with Crippen LogP contribution in [0.2, 0.25) is 0 Å². The van der Waals surface area contributed by atoms with Crippen LogP contribution >= 0.6 is 11.3 Å². The number of carbonyl (C=O) groups is 1. The standard InChI is InChI=1S/C22H24F3N7O2S/c1-10-28-7-13-18(27)19(35-21(13)29-10)20(33)30-12-3-4-15-11(6-12)2-5-17(31-15)32-8-14(26)16(9-32)34-22(23,24)25/h2,5,7,12,14,16H,3-4,6,8-9,26-27H2,1H3,(H,30,33). The van der Waals surface area contributed by atoms with Gasteiger partial charge in [-0.1, -0.05) is 6.07 Å². The van der Waals surface area contributed by atoms with E-state index >= 15 is 0 Å². The molecule has 5 N–H and O–H groups in total. The summed E-state index contributed by atoms with van der Waals surface area (Å²) in [7, 11) is 0. The van der Waals surface area contributed by atoms with E-state index in [4.69, 9.17) is 11.5 Å². The minimum absolute atomic E-state index is 0.0195. The summed E-state index contributed by atoms with van der Waals surface area (Å²) < 4.78 is 42.0. The number of ether oxygens (including phenoxy) is 1. The fourth-order valence-electron chi connectivity index (χ4n) is 4.59. The van der Waals surface area contributed by atoms with Gasteiger partial charge in [-0.15, -0.1) is 24.5 Å². The van der Waals surface area contributed by atoms with Crippen LogP contribution in [-0.2, 0) is 17.6 Å². The smallest absolute Gasteiger partial charge is 0.397 e. The molecule has 0 bridgehead atoms. The van der Waals surface area contributed by atoms with Crippen LogP contribution in [-0.4, -0.2) is 58.5 Å². The highest BCUT2D eigenvalue weighted by Crippen LogP contribution is 2.33. The number of anilines is 2. The molecule has 9 nitrogen and oxygen atoms in total. The predicted octanol–water partition coefficient (Wildman–Crippen LogP) is 2.32. The zero-order valence-corrected chi connectivity index (χ0v) is 19.6. The number of nitrogens with two attached hydrogens (primary N) is 2. The zero-order valence-electron chi connectivity index (χ0n) is 18.8. The molecule has 0 radical (unpaired) electrons. The lowest BCUT2D eigenvalue weighted by molar-refractivity contribution is -0.341. The lowest BCUT2D eigenvalue weighted by atomic mass is 9.91. The van der Waals surface area contributed by atoms with Gasteiger partial charge in [0.1, 0.15) is 27.5 Å². The van der Waals surface area contributed by atoms with Crippen LogP contribution < -0.4 is 21.7 Å². The van der Waals surface area contributed by atoms with E-state index < -0.39 is 18.5 Å². The van der Waals surface area contributed by atoms with E-state index in [-0.39, 0.29) is 25.0 Å². The highest BCUT2D eigenvalue weighted by molar-refractivity contribution is 7.21. The van der Waals surface area contributed by atoms with E-state index in [2.05, 4.69) is 25.0 Å². The van der Waals surface area contributed by atoms with Crippen molar-refractivity contribution >= 4 is 39.0 Å². The Morgan fingerprint density at radius 3 is 2.86 bits per heavy atom. The van der Waals surface area contributed by atoms with E-state index in [0.29, 0.717) is 51.7 Å². The van der Waals surface area contributed by atoms with Crippen molar-refractivity contribution in [2.45, 2.75) is 50.7 Å². The Balaban J connectivity index is 1.25. The largest absolute Gasteiger partial charge is 0.522 e. The summed E-state index contributed by atoms with van der Waals surface area (Å²) in [5.74, 6) is 0.938. The van der Waals surface area contributed by atoms with Gasteiger partial charge in [0.25, 0.3) is 5.91 Å². The number of fused-ring (bicyclic) bond motifs is 2. The second kappa shape index (κ2) is 8.88. The number of hydrogen-bond acceptors (Lipinski definition) is 9. The molecule has 3 aromatic heterocycles. The molecule has 1 saturated heterocycles. The molecule has 0 saturated carbocycles. The Bertz CT molecular complexity index is 1280. The molecule has 3 unspecified atom stereocenters. The van der Waals surface area contributed by atoms with Gasteiger partial charge < -0.3 is 21.7 Å². The maximum atomic E-state index is 12.9. The van der Waals surface area contributed by atoms with Gasteiger partial charge >= 0.3 is 6.36 Å². The molecule has 0 spiro atoms. The van der Waals surface area contributed by atoms with E-state index in [1.807, 2.05) is 6.07 Å². The molecule has 0 aromatic carbocycles. The predicted molar refractivity (Wildman–Crippen MR) is 125 cm³/mol. The van der Waals surface area contributed by atoms with E-state index in [1.165, 1.54) is 11.3 Å². The molecule has 3 aromatic rings. The first-order valence-electron chi connectivity index (χ1n) is 11.1. The molecule has 186 valence electrons. The molecule has 4 heterocycles. The molecule has 5 rings (SSSR count). The van der Waals surface area contributed by atoms with Gasteiger partial charge in [0.2, 0.25) is 0 Å². The Hall–Kier alpha value is -3.03. The van der Waals surface area contributed by atoms with E-state index in [9.17, 15) is 18.0 Å². The van der Waals surface area contributed by atoms with Crippen LogP contribution in [0.3, 0.4) is 0 Å². The topological polar surface area (TPSA) is 132 Å². The number of hydrogen-bond donors (Lipinski definition) is 3. The quantitative estimate of drug-likeness (QED) is 0.490. The second-order valence-electron chi connectivity index (χ2n) is 8.84. The van der Waals surface area contributed by atoms with E-state index in [1.54, 1.807) is 24.1 Å². The molecule has 2 aliphatic rings. The Morgan fingerprint density at radius 2 is 2.09 bits per heavy atom. The normalized spacial score (nSPS) is 22.4. The van der Waals surface area contributed by atoms with Crippen molar-refractivity contribution in [2.24, 2.45) is 5.73 Å². The van der Waals surface area contributed by atoms with Crippen molar-refractivity contribution in [3.05, 3.63) is 40.3 Å². The lowest BCUT2D eigenvalue weighted by Crippen LogP contribution is -2.39. The Labute approximate surface area is 202 Å². The summed E-state index contributed by atoms with van der Waals surface area (Å²) in [5.41, 5.74) is 14.3. The Morgan fingerprint density at radius 1 is 1.29 bits per heavy atom. The molecule has 35 heavy (non-hydrogen) atoms. The maximum absolute atomic E-state index is 12.9. The number of aromatic nitrogens is 3. The minimum atomic E-state index is -4.73. The molecule has 1 aliphatic heterocycles. The maximum Gasteiger partial charge on any atom is 0.522 e. The average molecular weight is 508 g/mol. The summed E-state index contributed by atoms with van der Waals surface area (Å²) in [5, 5.41) is 3.73. The van der Waals surface area contributed by atoms with Gasteiger partial charge in [-0.2, -0.15) is 0 Å². The summed E-state index contributed by atoms with van der Waals surface area (Å²) >= 11 is 1.24. The summed E-state index contributed by atoms with van der Waals surface area (Å²) in [6.45, 7) is 2.03. The first-order chi connectivity index (χ1) is 16.6. The van der Waals surface area contributed by atoms with Gasteiger partial charge in [-0.05, 0) is 37.8 Å². The van der Waals surface area contributed by atoms with Crippen LogP contribution in [0.4, 0.5) is 24.7 Å². The number of thiophene rings is 1. The number of carbonyl (C=O) groups excluding carboxylic acids is 1. The zero-order chi connectivity index (χ0) is 24.9. The number of amides is 1. The number of nitrogens with zero attached hydrogens (tertiary/aromatic N) is 4. The number of pyridine rings is 1. The second-order valence-corrected chi connectivity index (χ2v) is 9.84. The van der Waals surface area contributed by atoms with Crippen LogP contribution in [0.1, 0.15) is 33.2 Å². The fourth-order valence-corrected chi connectivity index (χ4v) is 5.60. The minimum Gasteiger partial charge on any atom is -0.397 e. The number of halogens is 3. The third-order valence-electron chi connectivity index (χ3n) is 6.32. The number of aryl methyl sites for hydroxylation is 2. The van der Waals surface area contributed by atoms with Gasteiger partial charge in [0.05, 0.1) is 17.1 Å². The summed E-state index contributed by atoms with van der Waals surface area (Å²) in [6.07, 6.45) is -2.33. The summed E-state index contributed by atoms with van der Waals surface area (Å²) in [4.78, 5) is 28.9. The third-order valence-corrected chi connectivity index (χ3v) is 7.43. The van der Waals surface area contributed by atoms with Crippen molar-refractivity contribution in [1.82, 2.24) is 20.3 Å². The first-order valence-corrected chi connectivity index (χ1v) is 12.0. The molecule has 1 aliphatic carbocycles. The van der Waals surface area contributed by atoms with Crippen molar-refractivity contribution in [3.8, 4) is 0 Å². The highest BCUT2D eigenvalue weighted by Gasteiger charge is 2.41. The van der Waals surface area contributed by atoms with Crippen molar-refractivity contribution in [2.75, 3.05) is 23.7 Å². The number of nitrogens with one attached hydrogen (secondary N) is 1.